The van der Waals surface area contributed by atoms with Crippen molar-refractivity contribution in [2.45, 2.75) is 19.9 Å². The summed E-state index contributed by atoms with van der Waals surface area (Å²) in [5.74, 6) is -1.80. The Labute approximate surface area is 152 Å². The van der Waals surface area contributed by atoms with Crippen LogP contribution in [0.5, 0.6) is 0 Å². The van der Waals surface area contributed by atoms with Crippen LogP contribution in [0.2, 0.25) is 0 Å². The zero-order chi connectivity index (χ0) is 18.3. The molecule has 4 rings (SSSR count). The van der Waals surface area contributed by atoms with Gasteiger partial charge in [0, 0.05) is 35.1 Å². The quantitative estimate of drug-likeness (QED) is 0.569. The number of fused-ring (bicyclic) bond motifs is 1. The van der Waals surface area contributed by atoms with E-state index in [4.69, 9.17) is 0 Å². The minimum absolute atomic E-state index is 0.148. The largest absolute Gasteiger partial charge is 0.359 e. The van der Waals surface area contributed by atoms with E-state index in [9.17, 15) is 8.78 Å². The van der Waals surface area contributed by atoms with E-state index in [1.54, 1.807) is 16.7 Å². The van der Waals surface area contributed by atoms with Gasteiger partial charge in [0.2, 0.25) is 0 Å². The van der Waals surface area contributed by atoms with E-state index < -0.39 is 11.6 Å². The predicted octanol–water partition coefficient (Wildman–Crippen LogP) is 4.62. The van der Waals surface area contributed by atoms with E-state index in [2.05, 4.69) is 20.5 Å². The van der Waals surface area contributed by atoms with Gasteiger partial charge in [0.05, 0.1) is 4.88 Å². The standard InChI is InChI=1S/C18H15F2N5S/c1-10(2)23-18-21-7-15(26-18)11-6-13(17-24-22-9-25(17)8-11)12-4-3-5-14(19)16(12)20/h3-10H,1-2H3,(H,21,23). The highest BCUT2D eigenvalue weighted by Crippen LogP contribution is 2.34. The average molecular weight is 371 g/mol. The van der Waals surface area contributed by atoms with Crippen molar-refractivity contribution in [3.63, 3.8) is 0 Å². The maximum absolute atomic E-state index is 14.4. The van der Waals surface area contributed by atoms with Crippen LogP contribution in [0.4, 0.5) is 13.9 Å². The minimum Gasteiger partial charge on any atom is -0.359 e. The maximum atomic E-state index is 14.4. The Morgan fingerprint density at radius 3 is 2.85 bits per heavy atom. The van der Waals surface area contributed by atoms with Gasteiger partial charge in [0.25, 0.3) is 0 Å². The van der Waals surface area contributed by atoms with Crippen LogP contribution in [0.3, 0.4) is 0 Å². The second kappa shape index (κ2) is 6.45. The molecule has 0 fully saturated rings. The number of nitrogens with zero attached hydrogens (tertiary/aromatic N) is 4. The van der Waals surface area contributed by atoms with Crippen LogP contribution >= 0.6 is 11.3 Å². The molecule has 8 heteroatoms. The maximum Gasteiger partial charge on any atom is 0.183 e. The van der Waals surface area contributed by atoms with Gasteiger partial charge >= 0.3 is 0 Å². The lowest BCUT2D eigenvalue weighted by Gasteiger charge is -2.08. The topological polar surface area (TPSA) is 55.1 Å². The number of benzene rings is 1. The van der Waals surface area contributed by atoms with Gasteiger partial charge in [-0.05, 0) is 26.0 Å². The first-order valence-electron chi connectivity index (χ1n) is 8.03. The Kier molecular flexibility index (Phi) is 4.12. The summed E-state index contributed by atoms with van der Waals surface area (Å²) in [7, 11) is 0. The number of pyridine rings is 1. The third kappa shape index (κ3) is 2.92. The Morgan fingerprint density at radius 2 is 2.04 bits per heavy atom. The van der Waals surface area contributed by atoms with Crippen LogP contribution in [0, 0.1) is 11.6 Å². The van der Waals surface area contributed by atoms with Crippen LogP contribution in [0.15, 0.2) is 43.0 Å². The Balaban J connectivity index is 1.88. The van der Waals surface area contributed by atoms with E-state index in [-0.39, 0.29) is 11.6 Å². The van der Waals surface area contributed by atoms with E-state index in [0.717, 1.165) is 21.6 Å². The zero-order valence-corrected chi connectivity index (χ0v) is 14.9. The van der Waals surface area contributed by atoms with Crippen LogP contribution in [-0.4, -0.2) is 25.6 Å². The summed E-state index contributed by atoms with van der Waals surface area (Å²) < 4.78 is 29.8. The van der Waals surface area contributed by atoms with Crippen LogP contribution in [0.1, 0.15) is 13.8 Å². The molecule has 0 unspecified atom stereocenters. The van der Waals surface area contributed by atoms with E-state index in [0.29, 0.717) is 11.2 Å². The molecule has 0 aliphatic carbocycles. The monoisotopic (exact) mass is 371 g/mol. The lowest BCUT2D eigenvalue weighted by atomic mass is 10.0. The van der Waals surface area contributed by atoms with Crippen molar-refractivity contribution in [3.05, 3.63) is 54.6 Å². The molecule has 0 spiro atoms. The van der Waals surface area contributed by atoms with Crippen LogP contribution < -0.4 is 5.32 Å². The summed E-state index contributed by atoms with van der Waals surface area (Å²) in [5, 5.41) is 12.0. The van der Waals surface area contributed by atoms with Crippen molar-refractivity contribution >= 4 is 22.1 Å². The number of aromatic nitrogens is 4. The summed E-state index contributed by atoms with van der Waals surface area (Å²) in [4.78, 5) is 5.27. The molecule has 0 saturated carbocycles. The predicted molar refractivity (Wildman–Crippen MR) is 98.2 cm³/mol. The van der Waals surface area contributed by atoms with Crippen molar-refractivity contribution in [2.24, 2.45) is 0 Å². The molecule has 26 heavy (non-hydrogen) atoms. The molecule has 0 aliphatic rings. The average Bonchev–Trinajstić information content (AvgIpc) is 3.25. The molecular formula is C18H15F2N5S. The van der Waals surface area contributed by atoms with Gasteiger partial charge < -0.3 is 5.32 Å². The third-order valence-corrected chi connectivity index (χ3v) is 4.81. The summed E-state index contributed by atoms with van der Waals surface area (Å²) in [6.45, 7) is 4.07. The molecule has 5 nitrogen and oxygen atoms in total. The number of anilines is 1. The molecule has 1 N–H and O–H groups in total. The molecule has 132 valence electrons. The lowest BCUT2D eigenvalue weighted by molar-refractivity contribution is 0.511. The van der Waals surface area contributed by atoms with Gasteiger partial charge in [0.15, 0.2) is 22.4 Å². The van der Waals surface area contributed by atoms with Crippen LogP contribution in [0.25, 0.3) is 27.2 Å². The van der Waals surface area contributed by atoms with Gasteiger partial charge in [-0.25, -0.2) is 13.8 Å². The van der Waals surface area contributed by atoms with Gasteiger partial charge in [-0.3, -0.25) is 4.40 Å². The molecule has 0 atom stereocenters. The van der Waals surface area contributed by atoms with Gasteiger partial charge in [-0.2, -0.15) is 0 Å². The number of rotatable bonds is 4. The molecule has 0 amide bonds. The van der Waals surface area contributed by atoms with Crippen molar-refractivity contribution < 1.29 is 8.78 Å². The normalized spacial score (nSPS) is 11.4. The van der Waals surface area contributed by atoms with Gasteiger partial charge in [0.1, 0.15) is 6.33 Å². The highest BCUT2D eigenvalue weighted by Gasteiger charge is 2.17. The molecular weight excluding hydrogens is 356 g/mol. The molecule has 0 radical (unpaired) electrons. The lowest BCUT2D eigenvalue weighted by Crippen LogP contribution is -2.08. The van der Waals surface area contributed by atoms with Crippen molar-refractivity contribution in [3.8, 4) is 21.6 Å². The number of hydrogen-bond donors (Lipinski definition) is 1. The first kappa shape index (κ1) is 16.6. The van der Waals surface area contributed by atoms with Crippen molar-refractivity contribution in [2.75, 3.05) is 5.32 Å². The number of hydrogen-bond acceptors (Lipinski definition) is 5. The molecule has 4 aromatic rings. The molecule has 3 aromatic heterocycles. The summed E-state index contributed by atoms with van der Waals surface area (Å²) >= 11 is 1.49. The number of thiazole rings is 1. The Hall–Kier alpha value is -2.87. The molecule has 0 aliphatic heterocycles. The Morgan fingerprint density at radius 1 is 1.19 bits per heavy atom. The SMILES string of the molecule is CC(C)Nc1ncc(-c2cc(-c3cccc(F)c3F)c3nncn3c2)s1. The first-order valence-corrected chi connectivity index (χ1v) is 8.85. The first-order chi connectivity index (χ1) is 12.5. The fourth-order valence-corrected chi connectivity index (χ4v) is 3.65. The molecule has 0 bridgehead atoms. The summed E-state index contributed by atoms with van der Waals surface area (Å²) in [5.41, 5.74) is 1.91. The molecule has 0 saturated heterocycles. The van der Waals surface area contributed by atoms with E-state index >= 15 is 0 Å². The van der Waals surface area contributed by atoms with Crippen molar-refractivity contribution in [1.29, 1.82) is 0 Å². The Bertz CT molecular complexity index is 1090. The minimum atomic E-state index is -0.902. The number of nitrogens with one attached hydrogen (secondary N) is 1. The van der Waals surface area contributed by atoms with E-state index in [1.165, 1.54) is 29.8 Å². The van der Waals surface area contributed by atoms with E-state index in [1.807, 2.05) is 20.0 Å². The second-order valence-corrected chi connectivity index (χ2v) is 7.17. The zero-order valence-electron chi connectivity index (χ0n) is 14.1. The summed E-state index contributed by atoms with van der Waals surface area (Å²) in [6.07, 6.45) is 5.14. The fraction of sp³-hybridized carbons (Fsp3) is 0.167. The third-order valence-electron chi connectivity index (χ3n) is 3.84. The highest BCUT2D eigenvalue weighted by molar-refractivity contribution is 7.18. The van der Waals surface area contributed by atoms with Crippen molar-refractivity contribution in [1.82, 2.24) is 19.6 Å². The number of halogens is 2. The fourth-order valence-electron chi connectivity index (χ4n) is 2.70. The van der Waals surface area contributed by atoms with Crippen LogP contribution in [-0.2, 0) is 0 Å². The summed E-state index contributed by atoms with van der Waals surface area (Å²) in [6, 6.07) is 6.16. The molecule has 3 heterocycles. The smallest absolute Gasteiger partial charge is 0.183 e. The second-order valence-electron chi connectivity index (χ2n) is 6.13. The highest BCUT2D eigenvalue weighted by atomic mass is 32.1. The molecule has 1 aromatic carbocycles. The van der Waals surface area contributed by atoms with Gasteiger partial charge in [-0.1, -0.05) is 23.5 Å². The van der Waals surface area contributed by atoms with Gasteiger partial charge in [-0.15, -0.1) is 10.2 Å².